The minimum Gasteiger partial charge on any atom is -0.369 e. The molecule has 0 unspecified atom stereocenters. The van der Waals surface area contributed by atoms with Gasteiger partial charge in [0.05, 0.1) is 11.7 Å². The number of nitrogens with one attached hydrogen (secondary N) is 3. The van der Waals surface area contributed by atoms with Crippen molar-refractivity contribution in [2.45, 2.75) is 12.8 Å². The third-order valence-corrected chi connectivity index (χ3v) is 4.31. The van der Waals surface area contributed by atoms with Crippen LogP contribution in [-0.4, -0.2) is 26.7 Å². The standard InChI is InChI=1S/C20H20N6/c1-14(15-5-3-2-4-6-15)12-22-19-9-10-21-20(25-19)24-17-8-7-16-13-23-26-18(16)11-17/h2-11,13-14H,12H2,1H3,(H,23,26)(H2,21,22,24,25)/t14-/m1/s1. The zero-order chi connectivity index (χ0) is 17.8. The molecule has 6 heteroatoms. The molecule has 2 heterocycles. The van der Waals surface area contributed by atoms with Crippen molar-refractivity contribution in [3.05, 3.63) is 72.6 Å². The van der Waals surface area contributed by atoms with Gasteiger partial charge in [-0.25, -0.2) is 4.98 Å². The number of nitrogens with zero attached hydrogens (tertiary/aromatic N) is 3. The first kappa shape index (κ1) is 16.1. The fourth-order valence-corrected chi connectivity index (χ4v) is 2.82. The minimum atomic E-state index is 0.394. The summed E-state index contributed by atoms with van der Waals surface area (Å²) in [5.74, 6) is 1.75. The maximum absolute atomic E-state index is 4.54. The van der Waals surface area contributed by atoms with Crippen LogP contribution in [0.25, 0.3) is 10.9 Å². The van der Waals surface area contributed by atoms with Crippen LogP contribution in [0.2, 0.25) is 0 Å². The van der Waals surface area contributed by atoms with Crippen LogP contribution in [0.5, 0.6) is 0 Å². The maximum Gasteiger partial charge on any atom is 0.229 e. The number of anilines is 3. The number of fused-ring (bicyclic) bond motifs is 1. The Morgan fingerprint density at radius 1 is 1.08 bits per heavy atom. The molecule has 0 aliphatic carbocycles. The molecule has 0 radical (unpaired) electrons. The topological polar surface area (TPSA) is 78.5 Å². The Hall–Kier alpha value is -3.41. The van der Waals surface area contributed by atoms with Crippen LogP contribution in [0.4, 0.5) is 17.5 Å². The molecular weight excluding hydrogens is 324 g/mol. The summed E-state index contributed by atoms with van der Waals surface area (Å²) in [6.45, 7) is 3.00. The Balaban J connectivity index is 1.43. The Kier molecular flexibility index (Phi) is 4.47. The van der Waals surface area contributed by atoms with Crippen LogP contribution in [0.15, 0.2) is 67.0 Å². The van der Waals surface area contributed by atoms with E-state index < -0.39 is 0 Å². The van der Waals surface area contributed by atoms with Gasteiger partial charge in [-0.3, -0.25) is 5.10 Å². The molecule has 0 bridgehead atoms. The van der Waals surface area contributed by atoms with E-state index in [1.165, 1.54) is 5.56 Å². The number of aromatic amines is 1. The first-order valence-electron chi connectivity index (χ1n) is 8.60. The molecule has 0 amide bonds. The van der Waals surface area contributed by atoms with Gasteiger partial charge in [-0.1, -0.05) is 37.3 Å². The SMILES string of the molecule is C[C@H](CNc1ccnc(Nc2ccc3cn[nH]c3c2)n1)c1ccccc1. The lowest BCUT2D eigenvalue weighted by atomic mass is 10.0. The summed E-state index contributed by atoms with van der Waals surface area (Å²) in [5, 5.41) is 14.7. The minimum absolute atomic E-state index is 0.394. The van der Waals surface area contributed by atoms with Crippen LogP contribution in [-0.2, 0) is 0 Å². The molecule has 130 valence electrons. The molecular formula is C20H20N6. The molecule has 2 aromatic heterocycles. The van der Waals surface area contributed by atoms with Gasteiger partial charge in [-0.2, -0.15) is 10.1 Å². The highest BCUT2D eigenvalue weighted by molar-refractivity contribution is 5.82. The second-order valence-corrected chi connectivity index (χ2v) is 6.26. The monoisotopic (exact) mass is 344 g/mol. The summed E-state index contributed by atoms with van der Waals surface area (Å²) in [6, 6.07) is 18.3. The van der Waals surface area contributed by atoms with E-state index >= 15 is 0 Å². The Morgan fingerprint density at radius 3 is 2.85 bits per heavy atom. The highest BCUT2D eigenvalue weighted by Crippen LogP contribution is 2.20. The number of hydrogen-bond acceptors (Lipinski definition) is 5. The predicted molar refractivity (Wildman–Crippen MR) is 105 cm³/mol. The first-order valence-corrected chi connectivity index (χ1v) is 8.60. The lowest BCUT2D eigenvalue weighted by Gasteiger charge is -2.14. The zero-order valence-electron chi connectivity index (χ0n) is 14.5. The van der Waals surface area contributed by atoms with Gasteiger partial charge in [0, 0.05) is 23.8 Å². The van der Waals surface area contributed by atoms with Crippen LogP contribution in [0.1, 0.15) is 18.4 Å². The van der Waals surface area contributed by atoms with Gasteiger partial charge in [0.25, 0.3) is 0 Å². The summed E-state index contributed by atoms with van der Waals surface area (Å²) in [6.07, 6.45) is 3.55. The lowest BCUT2D eigenvalue weighted by molar-refractivity contribution is 0.801. The van der Waals surface area contributed by atoms with E-state index in [9.17, 15) is 0 Å². The van der Waals surface area contributed by atoms with Crippen molar-refractivity contribution >= 4 is 28.4 Å². The molecule has 0 fully saturated rings. The van der Waals surface area contributed by atoms with Crippen molar-refractivity contribution in [1.29, 1.82) is 0 Å². The van der Waals surface area contributed by atoms with E-state index in [0.717, 1.165) is 29.0 Å². The van der Waals surface area contributed by atoms with Gasteiger partial charge in [-0.05, 0) is 35.7 Å². The quantitative estimate of drug-likeness (QED) is 0.486. The van der Waals surface area contributed by atoms with Crippen LogP contribution < -0.4 is 10.6 Å². The van der Waals surface area contributed by atoms with Crippen molar-refractivity contribution < 1.29 is 0 Å². The molecule has 4 aromatic rings. The van der Waals surface area contributed by atoms with Crippen LogP contribution in [0, 0.1) is 0 Å². The fraction of sp³-hybridized carbons (Fsp3) is 0.150. The summed E-state index contributed by atoms with van der Waals surface area (Å²) >= 11 is 0. The molecule has 0 aliphatic heterocycles. The third kappa shape index (κ3) is 3.64. The third-order valence-electron chi connectivity index (χ3n) is 4.31. The van der Waals surface area contributed by atoms with E-state index in [4.69, 9.17) is 0 Å². The van der Waals surface area contributed by atoms with Crippen LogP contribution in [0.3, 0.4) is 0 Å². The van der Waals surface area contributed by atoms with Gasteiger partial charge >= 0.3 is 0 Å². The van der Waals surface area contributed by atoms with Crippen molar-refractivity contribution in [2.24, 2.45) is 0 Å². The molecule has 0 saturated carbocycles. The second kappa shape index (κ2) is 7.23. The number of rotatable bonds is 6. The van der Waals surface area contributed by atoms with Crippen molar-refractivity contribution in [1.82, 2.24) is 20.2 Å². The first-order chi connectivity index (χ1) is 12.8. The number of H-pyrrole nitrogens is 1. The highest BCUT2D eigenvalue weighted by atomic mass is 15.1. The Morgan fingerprint density at radius 2 is 1.96 bits per heavy atom. The van der Waals surface area contributed by atoms with Crippen molar-refractivity contribution in [3.63, 3.8) is 0 Å². The number of benzene rings is 2. The Labute approximate surface area is 151 Å². The molecule has 4 rings (SSSR count). The zero-order valence-corrected chi connectivity index (χ0v) is 14.5. The molecule has 0 aliphatic rings. The van der Waals surface area contributed by atoms with Gasteiger partial charge < -0.3 is 10.6 Å². The normalized spacial score (nSPS) is 12.0. The molecule has 1 atom stereocenters. The Bertz CT molecular complexity index is 995. The molecule has 26 heavy (non-hydrogen) atoms. The fourth-order valence-electron chi connectivity index (χ4n) is 2.82. The highest BCUT2D eigenvalue weighted by Gasteiger charge is 2.06. The predicted octanol–water partition coefficient (Wildman–Crippen LogP) is 4.31. The summed E-state index contributed by atoms with van der Waals surface area (Å²) in [4.78, 5) is 8.84. The van der Waals surface area contributed by atoms with Crippen molar-refractivity contribution in [2.75, 3.05) is 17.2 Å². The van der Waals surface area contributed by atoms with Crippen molar-refractivity contribution in [3.8, 4) is 0 Å². The van der Waals surface area contributed by atoms with Gasteiger partial charge in [-0.15, -0.1) is 0 Å². The molecule has 3 N–H and O–H groups in total. The van der Waals surface area contributed by atoms with E-state index in [1.807, 2.05) is 30.3 Å². The largest absolute Gasteiger partial charge is 0.369 e. The summed E-state index contributed by atoms with van der Waals surface area (Å²) in [7, 11) is 0. The van der Waals surface area contributed by atoms with E-state index in [0.29, 0.717) is 11.9 Å². The molecule has 6 nitrogen and oxygen atoms in total. The number of hydrogen-bond donors (Lipinski definition) is 3. The lowest BCUT2D eigenvalue weighted by Crippen LogP contribution is -2.11. The number of aromatic nitrogens is 4. The van der Waals surface area contributed by atoms with Crippen LogP contribution >= 0.6 is 0 Å². The molecule has 2 aromatic carbocycles. The van der Waals surface area contributed by atoms with Gasteiger partial charge in [0.2, 0.25) is 5.95 Å². The summed E-state index contributed by atoms with van der Waals surface area (Å²) in [5.41, 5.74) is 3.19. The smallest absolute Gasteiger partial charge is 0.229 e. The average molecular weight is 344 g/mol. The van der Waals surface area contributed by atoms with E-state index in [2.05, 4.69) is 62.0 Å². The molecule has 0 saturated heterocycles. The van der Waals surface area contributed by atoms with E-state index in [1.54, 1.807) is 12.4 Å². The molecule has 0 spiro atoms. The van der Waals surface area contributed by atoms with E-state index in [-0.39, 0.29) is 0 Å². The second-order valence-electron chi connectivity index (χ2n) is 6.26. The average Bonchev–Trinajstić information content (AvgIpc) is 3.15. The van der Waals surface area contributed by atoms with Gasteiger partial charge in [0.1, 0.15) is 5.82 Å². The maximum atomic E-state index is 4.54. The summed E-state index contributed by atoms with van der Waals surface area (Å²) < 4.78 is 0. The van der Waals surface area contributed by atoms with Gasteiger partial charge in [0.15, 0.2) is 0 Å².